The lowest BCUT2D eigenvalue weighted by atomic mass is 10.1. The Morgan fingerprint density at radius 3 is 2.88 bits per heavy atom. The van der Waals surface area contributed by atoms with E-state index in [1.807, 2.05) is 0 Å². The van der Waals surface area contributed by atoms with Crippen LogP contribution in [0, 0.1) is 0 Å². The van der Waals surface area contributed by atoms with E-state index in [-0.39, 0.29) is 0 Å². The van der Waals surface area contributed by atoms with Gasteiger partial charge in [0.05, 0.1) is 12.7 Å². The Bertz CT molecular complexity index is 192. The second kappa shape index (κ2) is 6.58. The molecule has 1 aliphatic heterocycles. The molecule has 0 bridgehead atoms. The van der Waals surface area contributed by atoms with Gasteiger partial charge in [0, 0.05) is 32.2 Å². The molecule has 1 aliphatic carbocycles. The van der Waals surface area contributed by atoms with Crippen molar-refractivity contribution in [1.29, 1.82) is 0 Å². The highest BCUT2D eigenvalue weighted by Crippen LogP contribution is 2.20. The minimum atomic E-state index is 0.574. The van der Waals surface area contributed by atoms with Crippen LogP contribution in [0.1, 0.15) is 39.0 Å². The molecule has 0 aromatic carbocycles. The highest BCUT2D eigenvalue weighted by atomic mass is 16.5. The summed E-state index contributed by atoms with van der Waals surface area (Å²) in [5.74, 6) is 0. The third kappa shape index (κ3) is 3.72. The zero-order valence-electron chi connectivity index (χ0n) is 10.6. The summed E-state index contributed by atoms with van der Waals surface area (Å²) in [5, 5.41) is 3.55. The third-order valence-electron chi connectivity index (χ3n) is 3.90. The van der Waals surface area contributed by atoms with Crippen molar-refractivity contribution in [3.63, 3.8) is 0 Å². The number of ether oxygens (including phenoxy) is 1. The van der Waals surface area contributed by atoms with Crippen molar-refractivity contribution in [2.45, 2.75) is 51.2 Å². The summed E-state index contributed by atoms with van der Waals surface area (Å²) in [6, 6.07) is 0.695. The highest BCUT2D eigenvalue weighted by molar-refractivity contribution is 4.77. The van der Waals surface area contributed by atoms with Crippen LogP contribution in [0.2, 0.25) is 0 Å². The molecule has 0 spiro atoms. The zero-order chi connectivity index (χ0) is 11.2. The van der Waals surface area contributed by atoms with Gasteiger partial charge in [0.15, 0.2) is 0 Å². The largest absolute Gasteiger partial charge is 0.377 e. The lowest BCUT2D eigenvalue weighted by Crippen LogP contribution is -2.51. The molecule has 1 saturated carbocycles. The van der Waals surface area contributed by atoms with E-state index >= 15 is 0 Å². The summed E-state index contributed by atoms with van der Waals surface area (Å²) < 4.78 is 5.91. The molecule has 2 rings (SSSR count). The molecule has 16 heavy (non-hydrogen) atoms. The van der Waals surface area contributed by atoms with E-state index in [0.29, 0.717) is 12.1 Å². The minimum Gasteiger partial charge on any atom is -0.377 e. The first-order chi connectivity index (χ1) is 7.88. The van der Waals surface area contributed by atoms with Gasteiger partial charge in [-0.1, -0.05) is 19.8 Å². The Morgan fingerprint density at radius 2 is 2.12 bits per heavy atom. The SMILES string of the molecule is CCC1CN(CCOC2CCCC2)CCN1. The number of rotatable bonds is 5. The minimum absolute atomic E-state index is 0.574. The zero-order valence-corrected chi connectivity index (χ0v) is 10.6. The molecule has 3 heteroatoms. The molecule has 3 nitrogen and oxygen atoms in total. The molecule has 1 N–H and O–H groups in total. The topological polar surface area (TPSA) is 24.5 Å². The number of piperazine rings is 1. The van der Waals surface area contributed by atoms with Crippen LogP contribution in [0.5, 0.6) is 0 Å². The van der Waals surface area contributed by atoms with Crippen LogP contribution in [-0.4, -0.2) is 49.8 Å². The van der Waals surface area contributed by atoms with Crippen LogP contribution in [0.15, 0.2) is 0 Å². The average Bonchev–Trinajstić information content (AvgIpc) is 2.82. The van der Waals surface area contributed by atoms with Gasteiger partial charge in [-0.15, -0.1) is 0 Å². The van der Waals surface area contributed by atoms with E-state index in [2.05, 4.69) is 17.1 Å². The molecular formula is C13H26N2O. The molecule has 2 aliphatic rings. The second-order valence-electron chi connectivity index (χ2n) is 5.14. The van der Waals surface area contributed by atoms with Gasteiger partial charge in [-0.05, 0) is 19.3 Å². The van der Waals surface area contributed by atoms with Crippen molar-refractivity contribution in [3.8, 4) is 0 Å². The van der Waals surface area contributed by atoms with Crippen LogP contribution >= 0.6 is 0 Å². The van der Waals surface area contributed by atoms with Crippen LogP contribution in [0.4, 0.5) is 0 Å². The lowest BCUT2D eigenvalue weighted by molar-refractivity contribution is 0.0366. The Morgan fingerprint density at radius 1 is 1.31 bits per heavy atom. The van der Waals surface area contributed by atoms with Crippen molar-refractivity contribution in [1.82, 2.24) is 10.2 Å². The van der Waals surface area contributed by atoms with E-state index in [9.17, 15) is 0 Å². The van der Waals surface area contributed by atoms with Crippen molar-refractivity contribution in [2.75, 3.05) is 32.8 Å². The van der Waals surface area contributed by atoms with Crippen LogP contribution in [0.25, 0.3) is 0 Å². The van der Waals surface area contributed by atoms with Gasteiger partial charge in [-0.3, -0.25) is 4.90 Å². The van der Waals surface area contributed by atoms with Gasteiger partial charge in [0.1, 0.15) is 0 Å². The molecule has 1 heterocycles. The maximum absolute atomic E-state index is 5.91. The van der Waals surface area contributed by atoms with E-state index in [0.717, 1.165) is 19.7 Å². The molecule has 1 saturated heterocycles. The lowest BCUT2D eigenvalue weighted by Gasteiger charge is -2.33. The molecule has 0 aromatic heterocycles. The normalized spacial score (nSPS) is 28.7. The van der Waals surface area contributed by atoms with Gasteiger partial charge < -0.3 is 10.1 Å². The first kappa shape index (κ1) is 12.3. The fourth-order valence-corrected chi connectivity index (χ4v) is 2.77. The van der Waals surface area contributed by atoms with Crippen molar-refractivity contribution in [2.24, 2.45) is 0 Å². The molecule has 94 valence electrons. The van der Waals surface area contributed by atoms with Crippen LogP contribution in [0.3, 0.4) is 0 Å². The third-order valence-corrected chi connectivity index (χ3v) is 3.90. The molecule has 0 amide bonds. The maximum atomic E-state index is 5.91. The molecule has 0 radical (unpaired) electrons. The van der Waals surface area contributed by atoms with Gasteiger partial charge in [0.25, 0.3) is 0 Å². The monoisotopic (exact) mass is 226 g/mol. The number of nitrogens with one attached hydrogen (secondary N) is 1. The van der Waals surface area contributed by atoms with Gasteiger partial charge in [0.2, 0.25) is 0 Å². The smallest absolute Gasteiger partial charge is 0.0597 e. The standard InChI is InChI=1S/C13H26N2O/c1-2-12-11-15(8-7-14-12)9-10-16-13-5-3-4-6-13/h12-14H,2-11H2,1H3. The Hall–Kier alpha value is -0.120. The average molecular weight is 226 g/mol. The fourth-order valence-electron chi connectivity index (χ4n) is 2.77. The summed E-state index contributed by atoms with van der Waals surface area (Å²) in [4.78, 5) is 2.54. The number of hydrogen-bond acceptors (Lipinski definition) is 3. The summed E-state index contributed by atoms with van der Waals surface area (Å²) >= 11 is 0. The summed E-state index contributed by atoms with van der Waals surface area (Å²) in [6.07, 6.45) is 7.13. The van der Waals surface area contributed by atoms with Crippen molar-refractivity contribution < 1.29 is 4.74 Å². The predicted molar refractivity (Wildman–Crippen MR) is 66.7 cm³/mol. The number of hydrogen-bond donors (Lipinski definition) is 1. The summed E-state index contributed by atoms with van der Waals surface area (Å²) in [7, 11) is 0. The fraction of sp³-hybridized carbons (Fsp3) is 1.00. The quantitative estimate of drug-likeness (QED) is 0.771. The highest BCUT2D eigenvalue weighted by Gasteiger charge is 2.19. The molecule has 1 atom stereocenters. The molecule has 1 unspecified atom stereocenters. The summed E-state index contributed by atoms with van der Waals surface area (Å²) in [6.45, 7) is 7.84. The second-order valence-corrected chi connectivity index (χ2v) is 5.14. The first-order valence-electron chi connectivity index (χ1n) is 6.96. The van der Waals surface area contributed by atoms with E-state index < -0.39 is 0 Å². The Labute approximate surface area is 99.5 Å². The number of nitrogens with zero attached hydrogens (tertiary/aromatic N) is 1. The van der Waals surface area contributed by atoms with Crippen LogP contribution in [-0.2, 0) is 4.74 Å². The van der Waals surface area contributed by atoms with E-state index in [1.54, 1.807) is 0 Å². The first-order valence-corrected chi connectivity index (χ1v) is 6.96. The molecule has 2 fully saturated rings. The van der Waals surface area contributed by atoms with Crippen molar-refractivity contribution in [3.05, 3.63) is 0 Å². The van der Waals surface area contributed by atoms with E-state index in [1.165, 1.54) is 45.2 Å². The van der Waals surface area contributed by atoms with Crippen molar-refractivity contribution >= 4 is 0 Å². The molecular weight excluding hydrogens is 200 g/mol. The summed E-state index contributed by atoms with van der Waals surface area (Å²) in [5.41, 5.74) is 0. The molecule has 0 aromatic rings. The Balaban J connectivity index is 1.58. The van der Waals surface area contributed by atoms with Gasteiger partial charge in [-0.25, -0.2) is 0 Å². The van der Waals surface area contributed by atoms with E-state index in [4.69, 9.17) is 4.74 Å². The van der Waals surface area contributed by atoms with Gasteiger partial charge in [-0.2, -0.15) is 0 Å². The predicted octanol–water partition coefficient (Wildman–Crippen LogP) is 1.63. The van der Waals surface area contributed by atoms with Crippen LogP contribution < -0.4 is 5.32 Å². The van der Waals surface area contributed by atoms with Gasteiger partial charge >= 0.3 is 0 Å². The Kier molecular flexibility index (Phi) is 5.07. The maximum Gasteiger partial charge on any atom is 0.0597 e.